The van der Waals surface area contributed by atoms with Crippen LogP contribution in [0.2, 0.25) is 0 Å². The van der Waals surface area contributed by atoms with Crippen molar-refractivity contribution in [3.63, 3.8) is 0 Å². The summed E-state index contributed by atoms with van der Waals surface area (Å²) in [4.78, 5) is 17.7. The Morgan fingerprint density at radius 3 is 2.19 bits per heavy atom. The second kappa shape index (κ2) is 9.24. The maximum atomic E-state index is 13.2. The summed E-state index contributed by atoms with van der Waals surface area (Å²) in [6, 6.07) is 11.4. The summed E-state index contributed by atoms with van der Waals surface area (Å²) in [5.74, 6) is -0.0966. The summed E-state index contributed by atoms with van der Waals surface area (Å²) in [6.07, 6.45) is 2.85. The molecule has 0 atom stereocenters. The van der Waals surface area contributed by atoms with Gasteiger partial charge in [-0.05, 0) is 68.5 Å². The first-order valence-electron chi connectivity index (χ1n) is 11.5. The third kappa shape index (κ3) is 4.41. The first-order valence-corrected chi connectivity index (χ1v) is 12.9. The van der Waals surface area contributed by atoms with Crippen LogP contribution in [-0.2, 0) is 10.0 Å². The van der Waals surface area contributed by atoms with E-state index in [-0.39, 0.29) is 10.8 Å². The van der Waals surface area contributed by atoms with Crippen LogP contribution >= 0.6 is 0 Å². The molecular formula is C25H33N3O3S. The minimum absolute atomic E-state index is 0.0966. The Labute approximate surface area is 191 Å². The van der Waals surface area contributed by atoms with E-state index in [2.05, 4.69) is 36.9 Å². The van der Waals surface area contributed by atoms with Crippen LogP contribution in [0.15, 0.2) is 41.3 Å². The predicted molar refractivity (Wildman–Crippen MR) is 128 cm³/mol. The molecule has 0 N–H and O–H groups in total. The first kappa shape index (κ1) is 22.8. The molecule has 0 bridgehead atoms. The summed E-state index contributed by atoms with van der Waals surface area (Å²) in [5, 5.41) is 0. The van der Waals surface area contributed by atoms with Gasteiger partial charge in [0, 0.05) is 50.5 Å². The van der Waals surface area contributed by atoms with Crippen LogP contribution in [-0.4, -0.2) is 62.8 Å². The van der Waals surface area contributed by atoms with E-state index in [1.54, 1.807) is 29.4 Å². The van der Waals surface area contributed by atoms with Crippen molar-refractivity contribution in [3.8, 4) is 0 Å². The van der Waals surface area contributed by atoms with E-state index in [1.807, 2.05) is 4.90 Å². The maximum Gasteiger partial charge on any atom is 0.254 e. The fraction of sp³-hybridized carbons (Fsp3) is 0.480. The zero-order valence-electron chi connectivity index (χ0n) is 19.3. The van der Waals surface area contributed by atoms with Crippen LogP contribution in [0, 0.1) is 20.8 Å². The van der Waals surface area contributed by atoms with E-state index in [1.165, 1.54) is 16.8 Å². The molecule has 2 aromatic rings. The fourth-order valence-corrected chi connectivity index (χ4v) is 6.43. The van der Waals surface area contributed by atoms with Gasteiger partial charge in [-0.3, -0.25) is 4.79 Å². The molecule has 2 heterocycles. The topological polar surface area (TPSA) is 60.9 Å². The van der Waals surface area contributed by atoms with Crippen molar-refractivity contribution < 1.29 is 13.2 Å². The van der Waals surface area contributed by atoms with Crippen LogP contribution in [0.1, 0.15) is 46.3 Å². The first-order chi connectivity index (χ1) is 15.3. The van der Waals surface area contributed by atoms with Gasteiger partial charge in [0.2, 0.25) is 10.0 Å². The third-order valence-corrected chi connectivity index (χ3v) is 8.89. The number of carbonyl (C=O) groups excluding carboxylic acids is 1. The molecule has 0 saturated carbocycles. The number of nitrogens with zero attached hydrogens (tertiary/aromatic N) is 3. The normalized spacial score (nSPS) is 18.1. The second-order valence-corrected chi connectivity index (χ2v) is 10.8. The van der Waals surface area contributed by atoms with Crippen molar-refractivity contribution in [2.24, 2.45) is 0 Å². The smallest absolute Gasteiger partial charge is 0.254 e. The molecule has 172 valence electrons. The minimum Gasteiger partial charge on any atom is -0.368 e. The van der Waals surface area contributed by atoms with Gasteiger partial charge in [0.1, 0.15) is 0 Å². The number of amides is 1. The van der Waals surface area contributed by atoms with Gasteiger partial charge in [-0.25, -0.2) is 8.42 Å². The number of sulfonamides is 1. The van der Waals surface area contributed by atoms with Gasteiger partial charge in [0.05, 0.1) is 4.90 Å². The number of aryl methyl sites for hydroxylation is 2. The molecule has 2 aliphatic rings. The number of hydrogen-bond donors (Lipinski definition) is 0. The molecule has 0 unspecified atom stereocenters. The van der Waals surface area contributed by atoms with Crippen molar-refractivity contribution in [1.82, 2.24) is 9.21 Å². The van der Waals surface area contributed by atoms with Crippen molar-refractivity contribution >= 4 is 21.6 Å². The molecule has 0 aromatic heterocycles. The number of hydrogen-bond acceptors (Lipinski definition) is 4. The quantitative estimate of drug-likeness (QED) is 0.705. The molecule has 7 heteroatoms. The molecule has 32 heavy (non-hydrogen) atoms. The lowest BCUT2D eigenvalue weighted by Gasteiger charge is -2.37. The number of piperazine rings is 1. The van der Waals surface area contributed by atoms with Gasteiger partial charge in [0.25, 0.3) is 5.91 Å². The molecule has 2 fully saturated rings. The molecule has 2 saturated heterocycles. The number of piperidine rings is 1. The van der Waals surface area contributed by atoms with Crippen molar-refractivity contribution in [3.05, 3.63) is 58.7 Å². The number of benzene rings is 2. The van der Waals surface area contributed by atoms with Crippen LogP contribution < -0.4 is 4.90 Å². The summed E-state index contributed by atoms with van der Waals surface area (Å²) in [6.45, 7) is 9.93. The molecule has 2 aromatic carbocycles. The molecule has 0 spiro atoms. The zero-order chi connectivity index (χ0) is 22.9. The standard InChI is InChI=1S/C25H33N3O3S/c1-19-8-7-9-23(21(19)3)26-14-16-27(17-15-26)25(29)22-11-10-20(2)24(18-22)32(30,31)28-12-5-4-6-13-28/h7-11,18H,4-6,12-17H2,1-3H3. The van der Waals surface area contributed by atoms with E-state index in [9.17, 15) is 13.2 Å². The number of rotatable bonds is 4. The average molecular weight is 456 g/mol. The SMILES string of the molecule is Cc1ccc(C(=O)N2CCN(c3cccc(C)c3C)CC2)cc1S(=O)(=O)N1CCCCC1. The van der Waals surface area contributed by atoms with E-state index in [4.69, 9.17) is 0 Å². The van der Waals surface area contributed by atoms with Gasteiger partial charge in [-0.15, -0.1) is 0 Å². The maximum absolute atomic E-state index is 13.2. The van der Waals surface area contributed by atoms with Gasteiger partial charge < -0.3 is 9.80 Å². The molecule has 0 radical (unpaired) electrons. The molecule has 4 rings (SSSR count). The van der Waals surface area contributed by atoms with Gasteiger partial charge in [0.15, 0.2) is 0 Å². The predicted octanol–water partition coefficient (Wildman–Crippen LogP) is 3.75. The summed E-state index contributed by atoms with van der Waals surface area (Å²) in [5.41, 5.74) is 4.90. The summed E-state index contributed by atoms with van der Waals surface area (Å²) >= 11 is 0. The Balaban J connectivity index is 1.50. The van der Waals surface area contributed by atoms with E-state index in [0.717, 1.165) is 32.4 Å². The Hall–Kier alpha value is -2.38. The lowest BCUT2D eigenvalue weighted by molar-refractivity contribution is 0.0746. The Bertz CT molecular complexity index is 1100. The van der Waals surface area contributed by atoms with Crippen LogP contribution in [0.3, 0.4) is 0 Å². The van der Waals surface area contributed by atoms with Crippen molar-refractivity contribution in [1.29, 1.82) is 0 Å². The minimum atomic E-state index is -3.58. The molecule has 0 aliphatic carbocycles. The van der Waals surface area contributed by atoms with E-state index >= 15 is 0 Å². The Kier molecular flexibility index (Phi) is 6.58. The monoisotopic (exact) mass is 455 g/mol. The van der Waals surface area contributed by atoms with Gasteiger partial charge in [-0.1, -0.05) is 24.6 Å². The number of carbonyl (C=O) groups is 1. The molecule has 1 amide bonds. The molecule has 2 aliphatic heterocycles. The summed E-state index contributed by atoms with van der Waals surface area (Å²) < 4.78 is 28.0. The largest absolute Gasteiger partial charge is 0.368 e. The lowest BCUT2D eigenvalue weighted by atomic mass is 10.1. The van der Waals surface area contributed by atoms with Crippen molar-refractivity contribution in [2.45, 2.75) is 44.9 Å². The number of anilines is 1. The highest BCUT2D eigenvalue weighted by atomic mass is 32.2. The van der Waals surface area contributed by atoms with Gasteiger partial charge in [-0.2, -0.15) is 4.31 Å². The molecule has 6 nitrogen and oxygen atoms in total. The Morgan fingerprint density at radius 1 is 0.812 bits per heavy atom. The van der Waals surface area contributed by atoms with E-state index in [0.29, 0.717) is 37.3 Å². The highest BCUT2D eigenvalue weighted by Gasteiger charge is 2.29. The Morgan fingerprint density at radius 2 is 1.50 bits per heavy atom. The van der Waals surface area contributed by atoms with E-state index < -0.39 is 10.0 Å². The lowest BCUT2D eigenvalue weighted by Crippen LogP contribution is -2.49. The highest BCUT2D eigenvalue weighted by Crippen LogP contribution is 2.26. The summed E-state index contributed by atoms with van der Waals surface area (Å²) in [7, 11) is -3.58. The van der Waals surface area contributed by atoms with Crippen LogP contribution in [0.25, 0.3) is 0 Å². The average Bonchev–Trinajstić information content (AvgIpc) is 2.81. The van der Waals surface area contributed by atoms with Crippen LogP contribution in [0.5, 0.6) is 0 Å². The van der Waals surface area contributed by atoms with Crippen LogP contribution in [0.4, 0.5) is 5.69 Å². The third-order valence-electron chi connectivity index (χ3n) is 6.85. The zero-order valence-corrected chi connectivity index (χ0v) is 20.1. The fourth-order valence-electron chi connectivity index (χ4n) is 4.67. The highest BCUT2D eigenvalue weighted by molar-refractivity contribution is 7.89. The van der Waals surface area contributed by atoms with Crippen molar-refractivity contribution in [2.75, 3.05) is 44.2 Å². The van der Waals surface area contributed by atoms with Gasteiger partial charge >= 0.3 is 0 Å². The molecular weight excluding hydrogens is 422 g/mol. The second-order valence-electron chi connectivity index (χ2n) is 8.94.